The molecule has 5 nitrogen and oxygen atoms in total. The molecule has 0 saturated heterocycles. The molecule has 2 aromatic rings. The molecule has 0 bridgehead atoms. The van der Waals surface area contributed by atoms with Crippen molar-refractivity contribution in [2.45, 2.75) is 64.3 Å². The fraction of sp³-hybridized carbons (Fsp3) is 0.571. The minimum absolute atomic E-state index is 0.220. The van der Waals surface area contributed by atoms with Crippen molar-refractivity contribution in [3.05, 3.63) is 34.3 Å². The van der Waals surface area contributed by atoms with Gasteiger partial charge in [-0.3, -0.25) is 0 Å². The molecule has 0 fully saturated rings. The third kappa shape index (κ3) is 5.36. The predicted octanol–water partition coefficient (Wildman–Crippen LogP) is 4.12. The Kier molecular flexibility index (Phi) is 6.96. The summed E-state index contributed by atoms with van der Waals surface area (Å²) in [5.41, 5.74) is 7.94. The molecule has 0 radical (unpaired) electrons. The molecule has 0 spiro atoms. The number of nitrogens with zero attached hydrogens (tertiary/aromatic N) is 2. The van der Waals surface area contributed by atoms with E-state index in [2.05, 4.69) is 16.8 Å². The van der Waals surface area contributed by atoms with Crippen molar-refractivity contribution in [3.8, 4) is 11.5 Å². The highest BCUT2D eigenvalue weighted by Gasteiger charge is 2.26. The van der Waals surface area contributed by atoms with Crippen LogP contribution in [0.15, 0.2) is 18.2 Å². The number of hydrogen-bond donors (Lipinski definition) is 3. The lowest BCUT2D eigenvalue weighted by molar-refractivity contribution is 0.176. The summed E-state index contributed by atoms with van der Waals surface area (Å²) in [5, 5.41) is 20.1. The van der Waals surface area contributed by atoms with E-state index in [4.69, 9.17) is 5.73 Å². The van der Waals surface area contributed by atoms with E-state index in [0.29, 0.717) is 11.2 Å². The van der Waals surface area contributed by atoms with Crippen LogP contribution in [0.25, 0.3) is 0 Å². The number of benzene rings is 1. The van der Waals surface area contributed by atoms with Crippen LogP contribution in [-0.4, -0.2) is 39.2 Å². The summed E-state index contributed by atoms with van der Waals surface area (Å²) < 4.78 is 0. The Balaban J connectivity index is 1.45. The number of phenols is 2. The number of thiazole rings is 1. The lowest BCUT2D eigenvalue weighted by atomic mass is 9.95. The molecule has 6 heteroatoms. The van der Waals surface area contributed by atoms with Gasteiger partial charge < -0.3 is 20.8 Å². The average molecular weight is 390 g/mol. The Morgan fingerprint density at radius 3 is 2.89 bits per heavy atom. The van der Waals surface area contributed by atoms with Crippen molar-refractivity contribution in [1.29, 1.82) is 0 Å². The van der Waals surface area contributed by atoms with Gasteiger partial charge in [-0.05, 0) is 81.8 Å². The van der Waals surface area contributed by atoms with Gasteiger partial charge in [0.05, 0.1) is 5.69 Å². The third-order valence-electron chi connectivity index (χ3n) is 5.41. The first kappa shape index (κ1) is 20.0. The van der Waals surface area contributed by atoms with Gasteiger partial charge in [-0.2, -0.15) is 0 Å². The SMILES string of the molecule is CCCN(CCCCCc1cc(O)ccc1O)[C@H]1CCc2nc(N)sc2C1. The molecule has 148 valence electrons. The van der Waals surface area contributed by atoms with Crippen molar-refractivity contribution in [3.63, 3.8) is 0 Å². The van der Waals surface area contributed by atoms with Crippen molar-refractivity contribution in [1.82, 2.24) is 9.88 Å². The maximum absolute atomic E-state index is 9.87. The van der Waals surface area contributed by atoms with Crippen LogP contribution in [0.3, 0.4) is 0 Å². The molecule has 0 aliphatic heterocycles. The lowest BCUT2D eigenvalue weighted by Crippen LogP contribution is -2.40. The van der Waals surface area contributed by atoms with Crippen LogP contribution in [0, 0.1) is 0 Å². The summed E-state index contributed by atoms with van der Waals surface area (Å²) >= 11 is 1.66. The Morgan fingerprint density at radius 1 is 1.22 bits per heavy atom. The first-order chi connectivity index (χ1) is 13.1. The molecule has 1 heterocycles. The number of hydrogen-bond acceptors (Lipinski definition) is 6. The van der Waals surface area contributed by atoms with Crippen LogP contribution in [-0.2, 0) is 19.3 Å². The van der Waals surface area contributed by atoms with Crippen LogP contribution in [0.2, 0.25) is 0 Å². The minimum Gasteiger partial charge on any atom is -0.508 e. The number of aromatic nitrogens is 1. The van der Waals surface area contributed by atoms with Crippen molar-refractivity contribution in [2.75, 3.05) is 18.8 Å². The first-order valence-corrected chi connectivity index (χ1v) is 10.9. The van der Waals surface area contributed by atoms with Crippen LogP contribution in [0.5, 0.6) is 11.5 Å². The Hall–Kier alpha value is -1.79. The molecule has 0 saturated carbocycles. The normalized spacial score (nSPS) is 16.6. The number of fused-ring (bicyclic) bond motifs is 1. The fourth-order valence-corrected chi connectivity index (χ4v) is 4.98. The van der Waals surface area contributed by atoms with Crippen LogP contribution < -0.4 is 5.73 Å². The van der Waals surface area contributed by atoms with E-state index in [1.165, 1.54) is 29.5 Å². The number of anilines is 1. The first-order valence-electron chi connectivity index (χ1n) is 10.1. The second-order valence-corrected chi connectivity index (χ2v) is 8.59. The van der Waals surface area contributed by atoms with Crippen LogP contribution in [0.1, 0.15) is 55.2 Å². The van der Waals surface area contributed by atoms with Gasteiger partial charge in [0.15, 0.2) is 5.13 Å². The quantitative estimate of drug-likeness (QED) is 0.444. The second-order valence-electron chi connectivity index (χ2n) is 7.48. The molecule has 4 N–H and O–H groups in total. The van der Waals surface area contributed by atoms with E-state index >= 15 is 0 Å². The van der Waals surface area contributed by atoms with Crippen LogP contribution in [0.4, 0.5) is 5.13 Å². The number of unbranched alkanes of at least 4 members (excludes halogenated alkanes) is 2. The van der Waals surface area contributed by atoms with Gasteiger partial charge in [-0.25, -0.2) is 4.98 Å². The number of nitrogens with two attached hydrogens (primary N) is 1. The van der Waals surface area contributed by atoms with Crippen molar-refractivity contribution in [2.24, 2.45) is 0 Å². The highest BCUT2D eigenvalue weighted by Crippen LogP contribution is 2.30. The van der Waals surface area contributed by atoms with Gasteiger partial charge in [0.25, 0.3) is 0 Å². The van der Waals surface area contributed by atoms with Gasteiger partial charge in [0.2, 0.25) is 0 Å². The van der Waals surface area contributed by atoms with Gasteiger partial charge >= 0.3 is 0 Å². The number of rotatable bonds is 9. The summed E-state index contributed by atoms with van der Waals surface area (Å²) in [6, 6.07) is 5.36. The molecule has 27 heavy (non-hydrogen) atoms. The fourth-order valence-electron chi connectivity index (χ4n) is 4.03. The van der Waals surface area contributed by atoms with E-state index < -0.39 is 0 Å². The second kappa shape index (κ2) is 9.42. The standard InChI is InChI=1S/C21H31N3O2S/c1-2-11-24(16-7-9-18-20(14-16)27-21(22)23-18)12-5-3-4-6-15-13-17(25)8-10-19(15)26/h8,10,13,16,25-26H,2-7,9,11-12,14H2,1H3,(H2,22,23)/t16-/m0/s1. The number of aryl methyl sites for hydroxylation is 2. The molecule has 0 unspecified atom stereocenters. The maximum Gasteiger partial charge on any atom is 0.180 e. The molecule has 3 rings (SSSR count). The van der Waals surface area contributed by atoms with E-state index in [-0.39, 0.29) is 11.5 Å². The summed E-state index contributed by atoms with van der Waals surface area (Å²) in [6.07, 6.45) is 8.59. The molecular formula is C21H31N3O2S. The van der Waals surface area contributed by atoms with E-state index in [9.17, 15) is 10.2 Å². The minimum atomic E-state index is 0.220. The zero-order chi connectivity index (χ0) is 19.2. The predicted molar refractivity (Wildman–Crippen MR) is 112 cm³/mol. The highest BCUT2D eigenvalue weighted by molar-refractivity contribution is 7.15. The van der Waals surface area contributed by atoms with Gasteiger partial charge in [-0.1, -0.05) is 13.3 Å². The summed E-state index contributed by atoms with van der Waals surface area (Å²) in [6.45, 7) is 4.51. The largest absolute Gasteiger partial charge is 0.508 e. The van der Waals surface area contributed by atoms with Crippen LogP contribution >= 0.6 is 11.3 Å². The zero-order valence-corrected chi connectivity index (χ0v) is 17.0. The number of phenolic OH excluding ortho intramolecular Hbond substituents is 2. The highest BCUT2D eigenvalue weighted by atomic mass is 32.1. The smallest absolute Gasteiger partial charge is 0.180 e. The lowest BCUT2D eigenvalue weighted by Gasteiger charge is -2.33. The summed E-state index contributed by atoms with van der Waals surface area (Å²) in [4.78, 5) is 8.48. The van der Waals surface area contributed by atoms with E-state index in [0.717, 1.165) is 57.2 Å². The molecule has 1 aliphatic carbocycles. The Morgan fingerprint density at radius 2 is 2.07 bits per heavy atom. The zero-order valence-electron chi connectivity index (χ0n) is 16.2. The van der Waals surface area contributed by atoms with Gasteiger partial charge in [-0.15, -0.1) is 11.3 Å². The number of nitrogen functional groups attached to an aromatic ring is 1. The maximum atomic E-state index is 9.87. The molecule has 1 aliphatic rings. The molecular weight excluding hydrogens is 358 g/mol. The average Bonchev–Trinajstić information content (AvgIpc) is 3.02. The topological polar surface area (TPSA) is 82.6 Å². The van der Waals surface area contributed by atoms with E-state index in [1.54, 1.807) is 23.5 Å². The van der Waals surface area contributed by atoms with Gasteiger partial charge in [0, 0.05) is 10.9 Å². The molecule has 1 aromatic heterocycles. The molecule has 0 amide bonds. The summed E-state index contributed by atoms with van der Waals surface area (Å²) in [5.74, 6) is 0.500. The van der Waals surface area contributed by atoms with Crippen molar-refractivity contribution < 1.29 is 10.2 Å². The monoisotopic (exact) mass is 389 g/mol. The van der Waals surface area contributed by atoms with Crippen molar-refractivity contribution >= 4 is 16.5 Å². The summed E-state index contributed by atoms with van der Waals surface area (Å²) in [7, 11) is 0. The molecule has 1 atom stereocenters. The third-order valence-corrected chi connectivity index (χ3v) is 6.36. The van der Waals surface area contributed by atoms with E-state index in [1.807, 2.05) is 0 Å². The van der Waals surface area contributed by atoms with Gasteiger partial charge in [0.1, 0.15) is 11.5 Å². The Bertz CT molecular complexity index is 747. The number of aromatic hydroxyl groups is 2. The Labute approximate surface area is 165 Å². The molecule has 1 aromatic carbocycles.